The second-order valence-corrected chi connectivity index (χ2v) is 4.99. The Hall–Kier alpha value is -1.55. The van der Waals surface area contributed by atoms with Crippen LogP contribution in [-0.4, -0.2) is 50.1 Å². The van der Waals surface area contributed by atoms with Crippen LogP contribution in [0.25, 0.3) is 0 Å². The summed E-state index contributed by atoms with van der Waals surface area (Å²) in [5.41, 5.74) is 2.54. The maximum atomic E-state index is 11.9. The number of benzene rings is 1. The van der Waals surface area contributed by atoms with Gasteiger partial charge < -0.3 is 15.1 Å². The molecule has 1 saturated heterocycles. The summed E-state index contributed by atoms with van der Waals surface area (Å²) in [6, 6.07) is 8.55. The van der Waals surface area contributed by atoms with Crippen LogP contribution in [0.5, 0.6) is 0 Å². The van der Waals surface area contributed by atoms with Crippen LogP contribution in [0, 0.1) is 6.92 Å². The van der Waals surface area contributed by atoms with E-state index in [1.54, 1.807) is 0 Å². The maximum absolute atomic E-state index is 11.9. The summed E-state index contributed by atoms with van der Waals surface area (Å²) in [6.07, 6.45) is 0. The van der Waals surface area contributed by atoms with Crippen molar-refractivity contribution in [1.29, 1.82) is 0 Å². The second kappa shape index (κ2) is 6.57. The van der Waals surface area contributed by atoms with Gasteiger partial charge in [-0.2, -0.15) is 0 Å². The second-order valence-electron chi connectivity index (χ2n) is 4.99. The molecule has 4 heteroatoms. The number of piperazine rings is 1. The summed E-state index contributed by atoms with van der Waals surface area (Å²) in [5.74, 6) is 0.214. The third kappa shape index (κ3) is 3.70. The van der Waals surface area contributed by atoms with Crippen molar-refractivity contribution in [2.24, 2.45) is 0 Å². The molecule has 2 rings (SSSR count). The molecule has 0 bridgehead atoms. The lowest BCUT2D eigenvalue weighted by atomic mass is 10.2. The van der Waals surface area contributed by atoms with Gasteiger partial charge in [0.25, 0.3) is 0 Å². The van der Waals surface area contributed by atoms with Gasteiger partial charge >= 0.3 is 0 Å². The quantitative estimate of drug-likeness (QED) is 0.886. The van der Waals surface area contributed by atoms with E-state index in [4.69, 9.17) is 0 Å². The molecule has 1 aromatic rings. The van der Waals surface area contributed by atoms with Crippen LogP contribution in [0.2, 0.25) is 0 Å². The molecule has 0 aliphatic carbocycles. The predicted octanol–water partition coefficient (Wildman–Crippen LogP) is 1.25. The lowest BCUT2D eigenvalue weighted by Gasteiger charge is -2.36. The Kier molecular flexibility index (Phi) is 4.80. The van der Waals surface area contributed by atoms with Gasteiger partial charge in [0, 0.05) is 31.9 Å². The number of carbonyl (C=O) groups is 1. The Morgan fingerprint density at radius 1 is 1.26 bits per heavy atom. The SMILES string of the molecule is CCNCC(=O)N1CCN(c2cccc(C)c2)CC1. The molecular formula is C15H23N3O. The zero-order valence-corrected chi connectivity index (χ0v) is 11.9. The first kappa shape index (κ1) is 13.9. The largest absolute Gasteiger partial charge is 0.368 e. The molecule has 0 atom stereocenters. The smallest absolute Gasteiger partial charge is 0.236 e. The van der Waals surface area contributed by atoms with Crippen LogP contribution in [-0.2, 0) is 4.79 Å². The van der Waals surface area contributed by atoms with E-state index in [1.165, 1.54) is 11.3 Å². The molecule has 0 aromatic heterocycles. The molecule has 104 valence electrons. The molecule has 0 spiro atoms. The standard InChI is InChI=1S/C15H23N3O/c1-3-16-12-15(19)18-9-7-17(8-10-18)14-6-4-5-13(2)11-14/h4-6,11,16H,3,7-10,12H2,1-2H3. The van der Waals surface area contributed by atoms with Gasteiger partial charge in [-0.1, -0.05) is 19.1 Å². The number of rotatable bonds is 4. The molecule has 1 aromatic carbocycles. The molecule has 1 fully saturated rings. The average molecular weight is 261 g/mol. The van der Waals surface area contributed by atoms with Crippen LogP contribution < -0.4 is 10.2 Å². The van der Waals surface area contributed by atoms with Gasteiger partial charge in [0.15, 0.2) is 0 Å². The molecule has 1 heterocycles. The third-order valence-corrected chi connectivity index (χ3v) is 3.53. The fraction of sp³-hybridized carbons (Fsp3) is 0.533. The topological polar surface area (TPSA) is 35.6 Å². The van der Waals surface area contributed by atoms with E-state index in [-0.39, 0.29) is 5.91 Å². The van der Waals surface area contributed by atoms with Gasteiger partial charge in [0.1, 0.15) is 0 Å². The fourth-order valence-corrected chi connectivity index (χ4v) is 2.38. The molecule has 1 aliphatic heterocycles. The minimum Gasteiger partial charge on any atom is -0.368 e. The highest BCUT2D eigenvalue weighted by Gasteiger charge is 2.20. The van der Waals surface area contributed by atoms with Crippen molar-refractivity contribution in [2.45, 2.75) is 13.8 Å². The fourth-order valence-electron chi connectivity index (χ4n) is 2.38. The monoisotopic (exact) mass is 261 g/mol. The van der Waals surface area contributed by atoms with Crippen molar-refractivity contribution < 1.29 is 4.79 Å². The maximum Gasteiger partial charge on any atom is 0.236 e. The summed E-state index contributed by atoms with van der Waals surface area (Å²) in [7, 11) is 0. The molecule has 1 amide bonds. The zero-order chi connectivity index (χ0) is 13.7. The van der Waals surface area contributed by atoms with E-state index in [9.17, 15) is 4.79 Å². The van der Waals surface area contributed by atoms with Crippen molar-refractivity contribution >= 4 is 11.6 Å². The van der Waals surface area contributed by atoms with E-state index >= 15 is 0 Å². The number of anilines is 1. The molecule has 0 saturated carbocycles. The van der Waals surface area contributed by atoms with Crippen LogP contribution >= 0.6 is 0 Å². The Morgan fingerprint density at radius 2 is 2.00 bits per heavy atom. The molecule has 1 aliphatic rings. The molecule has 19 heavy (non-hydrogen) atoms. The number of nitrogens with zero attached hydrogens (tertiary/aromatic N) is 2. The Bertz CT molecular complexity index is 425. The summed E-state index contributed by atoms with van der Waals surface area (Å²) >= 11 is 0. The van der Waals surface area contributed by atoms with Crippen molar-refractivity contribution in [3.63, 3.8) is 0 Å². The van der Waals surface area contributed by atoms with Gasteiger partial charge in [-0.05, 0) is 31.2 Å². The number of hydrogen-bond acceptors (Lipinski definition) is 3. The number of carbonyl (C=O) groups excluding carboxylic acids is 1. The van der Waals surface area contributed by atoms with Crippen molar-refractivity contribution in [2.75, 3.05) is 44.2 Å². The van der Waals surface area contributed by atoms with Gasteiger partial charge in [0.05, 0.1) is 6.54 Å². The summed E-state index contributed by atoms with van der Waals surface area (Å²) < 4.78 is 0. The highest BCUT2D eigenvalue weighted by molar-refractivity contribution is 5.78. The first-order valence-electron chi connectivity index (χ1n) is 7.01. The molecule has 0 unspecified atom stereocenters. The first-order chi connectivity index (χ1) is 9.20. The Morgan fingerprint density at radius 3 is 2.63 bits per heavy atom. The predicted molar refractivity (Wildman–Crippen MR) is 78.5 cm³/mol. The van der Waals surface area contributed by atoms with Crippen LogP contribution in [0.15, 0.2) is 24.3 Å². The number of aryl methyl sites for hydroxylation is 1. The number of likely N-dealkylation sites (N-methyl/N-ethyl adjacent to an activating group) is 1. The normalized spacial score (nSPS) is 15.7. The minimum atomic E-state index is 0.214. The van der Waals surface area contributed by atoms with E-state index in [2.05, 4.69) is 41.4 Å². The zero-order valence-electron chi connectivity index (χ0n) is 11.9. The van der Waals surface area contributed by atoms with Gasteiger partial charge in [-0.25, -0.2) is 0 Å². The average Bonchev–Trinajstić information content (AvgIpc) is 2.45. The van der Waals surface area contributed by atoms with E-state index in [1.807, 2.05) is 11.8 Å². The lowest BCUT2D eigenvalue weighted by Crippen LogP contribution is -2.50. The molecule has 1 N–H and O–H groups in total. The van der Waals surface area contributed by atoms with Gasteiger partial charge in [0.2, 0.25) is 5.91 Å². The van der Waals surface area contributed by atoms with E-state index in [0.29, 0.717) is 6.54 Å². The Labute approximate surface area is 115 Å². The minimum absolute atomic E-state index is 0.214. The number of nitrogens with one attached hydrogen (secondary N) is 1. The van der Waals surface area contributed by atoms with E-state index in [0.717, 1.165) is 32.7 Å². The highest BCUT2D eigenvalue weighted by Crippen LogP contribution is 2.17. The van der Waals surface area contributed by atoms with Crippen molar-refractivity contribution in [3.05, 3.63) is 29.8 Å². The third-order valence-electron chi connectivity index (χ3n) is 3.53. The summed E-state index contributed by atoms with van der Waals surface area (Å²) in [5, 5.41) is 3.09. The van der Waals surface area contributed by atoms with E-state index < -0.39 is 0 Å². The molecule has 0 radical (unpaired) electrons. The van der Waals surface area contributed by atoms with Crippen LogP contribution in [0.3, 0.4) is 0 Å². The van der Waals surface area contributed by atoms with Gasteiger partial charge in [-0.15, -0.1) is 0 Å². The van der Waals surface area contributed by atoms with Crippen molar-refractivity contribution in [1.82, 2.24) is 10.2 Å². The highest BCUT2D eigenvalue weighted by atomic mass is 16.2. The number of amides is 1. The van der Waals surface area contributed by atoms with Crippen LogP contribution in [0.1, 0.15) is 12.5 Å². The molecular weight excluding hydrogens is 238 g/mol. The molecule has 4 nitrogen and oxygen atoms in total. The van der Waals surface area contributed by atoms with Gasteiger partial charge in [-0.3, -0.25) is 4.79 Å². The summed E-state index contributed by atoms with van der Waals surface area (Å²) in [4.78, 5) is 16.2. The van der Waals surface area contributed by atoms with Crippen molar-refractivity contribution in [3.8, 4) is 0 Å². The first-order valence-corrected chi connectivity index (χ1v) is 7.01. The number of hydrogen-bond donors (Lipinski definition) is 1. The Balaban J connectivity index is 1.87. The van der Waals surface area contributed by atoms with Crippen LogP contribution in [0.4, 0.5) is 5.69 Å². The summed E-state index contributed by atoms with van der Waals surface area (Å²) in [6.45, 7) is 8.90. The lowest BCUT2D eigenvalue weighted by molar-refractivity contribution is -0.130.